The van der Waals surface area contributed by atoms with E-state index in [4.69, 9.17) is 15.6 Å². The van der Waals surface area contributed by atoms with Crippen molar-refractivity contribution in [2.45, 2.75) is 39.1 Å². The van der Waals surface area contributed by atoms with Gasteiger partial charge < -0.3 is 4.90 Å². The molecule has 1 unspecified atom stereocenters. The van der Waals surface area contributed by atoms with Crippen LogP contribution < -0.4 is 0 Å². The van der Waals surface area contributed by atoms with Crippen molar-refractivity contribution in [1.29, 1.82) is 0 Å². The fourth-order valence-electron chi connectivity index (χ4n) is 2.29. The molecule has 1 fully saturated rings. The molecule has 5 radical (unpaired) electrons. The highest BCUT2D eigenvalue weighted by Crippen LogP contribution is 2.22. The van der Waals surface area contributed by atoms with Gasteiger partial charge in [-0.25, -0.2) is 0 Å². The Morgan fingerprint density at radius 2 is 1.56 bits per heavy atom. The molecule has 1 heterocycles. The van der Waals surface area contributed by atoms with Crippen LogP contribution in [0.4, 0.5) is 0 Å². The van der Waals surface area contributed by atoms with E-state index >= 15 is 0 Å². The van der Waals surface area contributed by atoms with E-state index in [0.29, 0.717) is 12.0 Å². The Morgan fingerprint density at radius 3 is 1.88 bits per heavy atom. The molecule has 1 saturated heterocycles. The highest BCUT2D eigenvalue weighted by Gasteiger charge is 2.34. The van der Waals surface area contributed by atoms with Crippen LogP contribution in [0, 0.1) is 5.92 Å². The van der Waals surface area contributed by atoms with Crippen LogP contribution in [0.2, 0.25) is 0 Å². The van der Waals surface area contributed by atoms with Gasteiger partial charge in [0, 0.05) is 40.0 Å². The maximum Gasteiger partial charge on any atom is 0.0827 e. The summed E-state index contributed by atoms with van der Waals surface area (Å²) in [4.78, 5) is 4.78. The van der Waals surface area contributed by atoms with Crippen LogP contribution in [0.3, 0.4) is 0 Å². The highest BCUT2D eigenvalue weighted by atomic mass is 15.3. The van der Waals surface area contributed by atoms with E-state index in [-0.39, 0.29) is 0 Å². The maximum atomic E-state index is 6.36. The molecule has 0 amide bonds. The van der Waals surface area contributed by atoms with Crippen molar-refractivity contribution in [1.82, 2.24) is 9.80 Å². The molecule has 16 heavy (non-hydrogen) atoms. The standard InChI is InChI=1S/C11H22B3N2/c1-9(2)11(12,14-13)16-7-5-15(6-8-16)10(3)4/h9-10H,5-8H2,1-4H3. The Labute approximate surface area is 104 Å². The van der Waals surface area contributed by atoms with E-state index in [0.717, 1.165) is 26.2 Å². The summed E-state index contributed by atoms with van der Waals surface area (Å²) >= 11 is 0. The molecule has 0 N–H and O–H groups in total. The van der Waals surface area contributed by atoms with Gasteiger partial charge in [-0.3, -0.25) is 4.90 Å². The minimum absolute atomic E-state index is 0.336. The Hall–Kier alpha value is 0.115. The van der Waals surface area contributed by atoms with E-state index in [1.165, 1.54) is 0 Å². The largest absolute Gasteiger partial charge is 0.312 e. The van der Waals surface area contributed by atoms with Crippen molar-refractivity contribution in [2.75, 3.05) is 26.2 Å². The zero-order valence-corrected chi connectivity index (χ0v) is 11.1. The third-order valence-electron chi connectivity index (χ3n) is 3.78. The minimum Gasteiger partial charge on any atom is -0.312 e. The van der Waals surface area contributed by atoms with Crippen molar-refractivity contribution in [3.05, 3.63) is 0 Å². The van der Waals surface area contributed by atoms with Gasteiger partial charge in [-0.05, 0) is 19.8 Å². The molecule has 2 nitrogen and oxygen atoms in total. The van der Waals surface area contributed by atoms with Gasteiger partial charge in [-0.1, -0.05) is 19.2 Å². The molecule has 85 valence electrons. The van der Waals surface area contributed by atoms with Crippen molar-refractivity contribution < 1.29 is 0 Å². The summed E-state index contributed by atoms with van der Waals surface area (Å²) in [5.41, 5.74) is 0. The first-order valence-corrected chi connectivity index (χ1v) is 6.26. The molecular formula is C11H22B3N2. The average Bonchev–Trinajstić information content (AvgIpc) is 2.27. The summed E-state index contributed by atoms with van der Waals surface area (Å²) in [5, 5.41) is -0.455. The second kappa shape index (κ2) is 5.64. The summed E-state index contributed by atoms with van der Waals surface area (Å²) in [6.07, 6.45) is 0. The summed E-state index contributed by atoms with van der Waals surface area (Å²) in [7, 11) is 13.7. The van der Waals surface area contributed by atoms with E-state index in [1.807, 2.05) is 0 Å². The van der Waals surface area contributed by atoms with Crippen LogP contribution in [0.5, 0.6) is 0 Å². The molecular weight excluding hydrogens is 193 g/mol. The molecule has 0 aromatic heterocycles. The van der Waals surface area contributed by atoms with Crippen LogP contribution in [0.25, 0.3) is 0 Å². The summed E-state index contributed by atoms with van der Waals surface area (Å²) < 4.78 is 0. The molecule has 0 aromatic carbocycles. The Bertz CT molecular complexity index is 215. The normalized spacial score (nSPS) is 23.6. The highest BCUT2D eigenvalue weighted by molar-refractivity contribution is 6.94. The molecule has 0 aliphatic carbocycles. The first kappa shape index (κ1) is 14.2. The first-order chi connectivity index (χ1) is 7.41. The van der Waals surface area contributed by atoms with E-state index < -0.39 is 5.34 Å². The fourth-order valence-corrected chi connectivity index (χ4v) is 2.29. The van der Waals surface area contributed by atoms with Gasteiger partial charge in [0.1, 0.15) is 0 Å². The summed E-state index contributed by atoms with van der Waals surface area (Å²) in [6, 6.07) is 0.621. The average molecular weight is 215 g/mol. The SMILES string of the molecule is [B][B]C([B])(C(C)C)N1CCN(C(C)C)CC1. The van der Waals surface area contributed by atoms with Crippen LogP contribution in [0.1, 0.15) is 27.7 Å². The lowest BCUT2D eigenvalue weighted by Crippen LogP contribution is -2.63. The lowest BCUT2D eigenvalue weighted by atomic mass is 9.33. The van der Waals surface area contributed by atoms with E-state index in [9.17, 15) is 0 Å². The van der Waals surface area contributed by atoms with Crippen molar-refractivity contribution in [3.8, 4) is 0 Å². The van der Waals surface area contributed by atoms with Gasteiger partial charge in [-0.15, -0.1) is 0 Å². The monoisotopic (exact) mass is 215 g/mol. The third-order valence-corrected chi connectivity index (χ3v) is 3.78. The number of hydrogen-bond donors (Lipinski definition) is 0. The van der Waals surface area contributed by atoms with Gasteiger partial charge in [0.25, 0.3) is 0 Å². The maximum absolute atomic E-state index is 6.36. The molecule has 0 spiro atoms. The first-order valence-electron chi connectivity index (χ1n) is 6.26. The fraction of sp³-hybridized carbons (Fsp3) is 1.00. The van der Waals surface area contributed by atoms with Crippen LogP contribution in [0.15, 0.2) is 0 Å². The lowest BCUT2D eigenvalue weighted by molar-refractivity contribution is 0.0736. The number of piperazine rings is 1. The Balaban J connectivity index is 2.58. The summed E-state index contributed by atoms with van der Waals surface area (Å²) in [6.45, 7) is 12.9. The van der Waals surface area contributed by atoms with Crippen molar-refractivity contribution >= 4 is 22.8 Å². The summed E-state index contributed by atoms with van der Waals surface area (Å²) in [5.74, 6) is 0.336. The van der Waals surface area contributed by atoms with Gasteiger partial charge in [0.15, 0.2) is 0 Å². The molecule has 1 aliphatic rings. The van der Waals surface area contributed by atoms with Crippen molar-refractivity contribution in [2.24, 2.45) is 5.92 Å². The van der Waals surface area contributed by atoms with Crippen molar-refractivity contribution in [3.63, 3.8) is 0 Å². The number of hydrogen-bond acceptors (Lipinski definition) is 2. The lowest BCUT2D eigenvalue weighted by Gasteiger charge is -2.50. The molecule has 5 heteroatoms. The molecule has 0 saturated carbocycles. The third kappa shape index (κ3) is 2.86. The number of rotatable bonds is 4. The minimum atomic E-state index is -0.455. The second-order valence-corrected chi connectivity index (χ2v) is 5.33. The second-order valence-electron chi connectivity index (χ2n) is 5.33. The zero-order valence-electron chi connectivity index (χ0n) is 11.1. The van der Waals surface area contributed by atoms with Crippen LogP contribution in [-0.2, 0) is 0 Å². The number of nitrogens with zero attached hydrogens (tertiary/aromatic N) is 2. The quantitative estimate of drug-likeness (QED) is 0.621. The molecule has 0 aromatic rings. The van der Waals surface area contributed by atoms with Crippen LogP contribution >= 0.6 is 0 Å². The molecule has 0 bridgehead atoms. The zero-order chi connectivity index (χ0) is 12.3. The van der Waals surface area contributed by atoms with Gasteiger partial charge in [0.05, 0.1) is 15.0 Å². The smallest absolute Gasteiger partial charge is 0.0827 e. The van der Waals surface area contributed by atoms with Gasteiger partial charge in [-0.2, -0.15) is 0 Å². The Kier molecular flexibility index (Phi) is 4.99. The van der Waals surface area contributed by atoms with Gasteiger partial charge >= 0.3 is 0 Å². The topological polar surface area (TPSA) is 6.48 Å². The molecule has 1 aliphatic heterocycles. The predicted molar refractivity (Wildman–Crippen MR) is 73.1 cm³/mol. The molecule has 1 rings (SSSR count). The van der Waals surface area contributed by atoms with E-state index in [2.05, 4.69) is 37.5 Å². The Morgan fingerprint density at radius 1 is 1.06 bits per heavy atom. The molecule has 1 atom stereocenters. The van der Waals surface area contributed by atoms with Crippen LogP contribution in [-0.4, -0.2) is 70.1 Å². The predicted octanol–water partition coefficient (Wildman–Crippen LogP) is 0.278. The van der Waals surface area contributed by atoms with E-state index in [1.54, 1.807) is 7.17 Å². The van der Waals surface area contributed by atoms with Gasteiger partial charge in [0.2, 0.25) is 0 Å².